The Hall–Kier alpha value is -2.10. The zero-order valence-electron chi connectivity index (χ0n) is 15.1. The van der Waals surface area contributed by atoms with Gasteiger partial charge in [-0.15, -0.1) is 0 Å². The molecule has 3 atom stereocenters. The molecule has 4 heteroatoms. The summed E-state index contributed by atoms with van der Waals surface area (Å²) in [6, 6.07) is 5.90. The van der Waals surface area contributed by atoms with E-state index in [1.807, 2.05) is 19.1 Å². The van der Waals surface area contributed by atoms with Crippen LogP contribution in [0.5, 0.6) is 0 Å². The van der Waals surface area contributed by atoms with Crippen LogP contribution in [-0.2, 0) is 21.4 Å². The molecule has 1 aromatic heterocycles. The van der Waals surface area contributed by atoms with Crippen molar-refractivity contribution in [2.45, 2.75) is 51.4 Å². The number of rotatable bonds is 1. The standard InChI is InChI=1S/C21H24O4/c1-20-10-4-11-21(2,19(23)24-3)16(20)8-6-14-15(20)7-5-13-9-12-25-18(13)17(14)22/h5,7,9,12,16H,4,6,8,10-11H2,1-3H3/t16-,20-,21+/m1/s1. The normalized spacial score (nSPS) is 31.2. The van der Waals surface area contributed by atoms with Gasteiger partial charge in [-0.1, -0.05) is 25.5 Å². The number of esters is 1. The highest BCUT2D eigenvalue weighted by Crippen LogP contribution is 2.57. The fourth-order valence-corrected chi connectivity index (χ4v) is 5.55. The molecule has 0 unspecified atom stereocenters. The molecule has 4 rings (SSSR count). The van der Waals surface area contributed by atoms with E-state index in [4.69, 9.17) is 9.15 Å². The molecular formula is C21H24O4. The molecule has 1 saturated carbocycles. The van der Waals surface area contributed by atoms with Crippen molar-refractivity contribution in [3.63, 3.8) is 0 Å². The van der Waals surface area contributed by atoms with Crippen LogP contribution in [0.3, 0.4) is 0 Å². The Kier molecular flexibility index (Phi) is 3.57. The highest BCUT2D eigenvalue weighted by molar-refractivity contribution is 5.79. The second kappa shape index (κ2) is 5.45. The van der Waals surface area contributed by atoms with E-state index in [0.717, 1.165) is 42.2 Å². The number of carbonyl (C=O) groups is 1. The topological polar surface area (TPSA) is 56.5 Å². The Balaban J connectivity index is 1.94. The predicted octanol–water partition coefficient (Wildman–Crippen LogP) is 3.98. The van der Waals surface area contributed by atoms with Gasteiger partial charge in [-0.25, -0.2) is 0 Å². The largest absolute Gasteiger partial charge is 0.469 e. The smallest absolute Gasteiger partial charge is 0.311 e. The molecule has 2 aromatic rings. The van der Waals surface area contributed by atoms with Gasteiger partial charge in [-0.3, -0.25) is 9.59 Å². The van der Waals surface area contributed by atoms with Gasteiger partial charge in [0.15, 0.2) is 5.58 Å². The van der Waals surface area contributed by atoms with E-state index >= 15 is 0 Å². The fraction of sp³-hybridized carbons (Fsp3) is 0.524. The molecule has 0 aliphatic heterocycles. The van der Waals surface area contributed by atoms with Gasteiger partial charge in [-0.05, 0) is 55.6 Å². The van der Waals surface area contributed by atoms with Crippen LogP contribution in [-0.4, -0.2) is 13.1 Å². The van der Waals surface area contributed by atoms with Gasteiger partial charge in [0.2, 0.25) is 5.43 Å². The molecule has 0 radical (unpaired) electrons. The van der Waals surface area contributed by atoms with E-state index in [9.17, 15) is 9.59 Å². The van der Waals surface area contributed by atoms with E-state index in [0.29, 0.717) is 12.0 Å². The molecule has 0 bridgehead atoms. The molecule has 2 aliphatic carbocycles. The van der Waals surface area contributed by atoms with E-state index in [1.54, 1.807) is 6.26 Å². The minimum atomic E-state index is -0.490. The fourth-order valence-electron chi connectivity index (χ4n) is 5.55. The number of furan rings is 1. The lowest BCUT2D eigenvalue weighted by Gasteiger charge is -2.53. The summed E-state index contributed by atoms with van der Waals surface area (Å²) in [4.78, 5) is 25.6. The number of hydrogen-bond acceptors (Lipinski definition) is 4. The second-order valence-electron chi connectivity index (χ2n) is 8.03. The number of fused-ring (bicyclic) bond motifs is 4. The van der Waals surface area contributed by atoms with E-state index in [2.05, 4.69) is 13.0 Å². The lowest BCUT2D eigenvalue weighted by molar-refractivity contribution is -0.161. The van der Waals surface area contributed by atoms with Gasteiger partial charge in [0.1, 0.15) is 0 Å². The van der Waals surface area contributed by atoms with Crippen LogP contribution >= 0.6 is 0 Å². The number of carbonyl (C=O) groups excluding carboxylic acids is 1. The summed E-state index contributed by atoms with van der Waals surface area (Å²) in [5.74, 6) is 0.0603. The van der Waals surface area contributed by atoms with Gasteiger partial charge in [-0.2, -0.15) is 0 Å². The molecule has 1 fully saturated rings. The minimum Gasteiger partial charge on any atom is -0.469 e. The Bertz CT molecular complexity index is 912. The third kappa shape index (κ3) is 2.12. The summed E-state index contributed by atoms with van der Waals surface area (Å²) in [5.41, 5.74) is 1.72. The zero-order valence-corrected chi connectivity index (χ0v) is 15.1. The van der Waals surface area contributed by atoms with Crippen LogP contribution in [0.1, 0.15) is 50.7 Å². The minimum absolute atomic E-state index is 0.00465. The average Bonchev–Trinajstić information content (AvgIpc) is 3.01. The molecule has 2 aliphatic rings. The lowest BCUT2D eigenvalue weighted by Crippen LogP contribution is -2.53. The van der Waals surface area contributed by atoms with Crippen molar-refractivity contribution in [2.75, 3.05) is 7.11 Å². The maximum atomic E-state index is 13.0. The maximum Gasteiger partial charge on any atom is 0.311 e. The van der Waals surface area contributed by atoms with Crippen molar-refractivity contribution in [1.29, 1.82) is 0 Å². The van der Waals surface area contributed by atoms with Crippen LogP contribution in [0.15, 0.2) is 33.7 Å². The SMILES string of the molecule is COC(=O)[C@@]1(C)CCC[C@]2(C)c3ccc4ccoc4c(=O)c3CC[C@@H]12. The Morgan fingerprint density at radius 2 is 2.04 bits per heavy atom. The molecule has 0 N–H and O–H groups in total. The maximum absolute atomic E-state index is 13.0. The highest BCUT2D eigenvalue weighted by atomic mass is 16.5. The number of hydrogen-bond donors (Lipinski definition) is 0. The molecule has 1 heterocycles. The van der Waals surface area contributed by atoms with Crippen molar-refractivity contribution in [3.05, 3.63) is 45.8 Å². The summed E-state index contributed by atoms with van der Waals surface area (Å²) in [7, 11) is 1.47. The Morgan fingerprint density at radius 3 is 2.80 bits per heavy atom. The molecule has 0 amide bonds. The van der Waals surface area contributed by atoms with Gasteiger partial charge >= 0.3 is 5.97 Å². The summed E-state index contributed by atoms with van der Waals surface area (Å²) in [5, 5.41) is 0.839. The average molecular weight is 340 g/mol. The van der Waals surface area contributed by atoms with Crippen LogP contribution in [0, 0.1) is 11.3 Å². The molecule has 1 aromatic carbocycles. The van der Waals surface area contributed by atoms with Crippen molar-refractivity contribution in [3.8, 4) is 0 Å². The molecular weight excluding hydrogens is 316 g/mol. The summed E-state index contributed by atoms with van der Waals surface area (Å²) < 4.78 is 10.6. The molecule has 132 valence electrons. The molecule has 0 saturated heterocycles. The van der Waals surface area contributed by atoms with E-state index in [1.165, 1.54) is 7.11 Å². The predicted molar refractivity (Wildman–Crippen MR) is 95.6 cm³/mol. The molecule has 0 spiro atoms. The zero-order chi connectivity index (χ0) is 17.8. The monoisotopic (exact) mass is 340 g/mol. The lowest BCUT2D eigenvalue weighted by atomic mass is 9.50. The number of ether oxygens (including phenoxy) is 1. The summed E-state index contributed by atoms with van der Waals surface area (Å²) in [6.45, 7) is 4.26. The van der Waals surface area contributed by atoms with Crippen molar-refractivity contribution < 1.29 is 13.9 Å². The van der Waals surface area contributed by atoms with Crippen molar-refractivity contribution in [1.82, 2.24) is 0 Å². The molecule has 25 heavy (non-hydrogen) atoms. The Morgan fingerprint density at radius 1 is 1.24 bits per heavy atom. The van der Waals surface area contributed by atoms with E-state index < -0.39 is 5.41 Å². The highest BCUT2D eigenvalue weighted by Gasteiger charge is 2.55. The summed E-state index contributed by atoms with van der Waals surface area (Å²) in [6.07, 6.45) is 5.88. The van der Waals surface area contributed by atoms with Crippen molar-refractivity contribution >= 4 is 16.9 Å². The van der Waals surface area contributed by atoms with Gasteiger partial charge in [0, 0.05) is 10.9 Å². The van der Waals surface area contributed by atoms with Crippen LogP contribution in [0.25, 0.3) is 11.0 Å². The Labute approximate surface area is 147 Å². The second-order valence-corrected chi connectivity index (χ2v) is 8.03. The number of methoxy groups -OCH3 is 1. The van der Waals surface area contributed by atoms with Crippen LogP contribution in [0.2, 0.25) is 0 Å². The first-order valence-corrected chi connectivity index (χ1v) is 9.04. The van der Waals surface area contributed by atoms with E-state index in [-0.39, 0.29) is 22.7 Å². The quantitative estimate of drug-likeness (QED) is 0.737. The third-order valence-corrected chi connectivity index (χ3v) is 6.81. The first-order chi connectivity index (χ1) is 11.9. The summed E-state index contributed by atoms with van der Waals surface area (Å²) >= 11 is 0. The van der Waals surface area contributed by atoms with Gasteiger partial charge in [0.25, 0.3) is 0 Å². The van der Waals surface area contributed by atoms with Gasteiger partial charge < -0.3 is 9.15 Å². The van der Waals surface area contributed by atoms with Crippen LogP contribution < -0.4 is 5.43 Å². The third-order valence-electron chi connectivity index (χ3n) is 6.81. The van der Waals surface area contributed by atoms with Crippen molar-refractivity contribution in [2.24, 2.45) is 11.3 Å². The molecule has 4 nitrogen and oxygen atoms in total. The first-order valence-electron chi connectivity index (χ1n) is 9.04. The van der Waals surface area contributed by atoms with Gasteiger partial charge in [0.05, 0.1) is 18.8 Å². The first kappa shape index (κ1) is 16.4. The van der Waals surface area contributed by atoms with Crippen LogP contribution in [0.4, 0.5) is 0 Å².